The van der Waals surface area contributed by atoms with Crippen LogP contribution in [0.2, 0.25) is 0 Å². The Bertz CT molecular complexity index is 292. The van der Waals surface area contributed by atoms with Crippen LogP contribution in [-0.2, 0) is 0 Å². The summed E-state index contributed by atoms with van der Waals surface area (Å²) in [5.41, 5.74) is 7.35. The van der Waals surface area contributed by atoms with Gasteiger partial charge >= 0.3 is 0 Å². The summed E-state index contributed by atoms with van der Waals surface area (Å²) in [6.45, 7) is 3.43. The molecule has 2 N–H and O–H groups in total. The molecule has 0 aromatic heterocycles. The van der Waals surface area contributed by atoms with Crippen molar-refractivity contribution in [1.82, 2.24) is 0 Å². The maximum absolute atomic E-state index is 11.1. The maximum Gasteiger partial charge on any atom is 0.160 e. The van der Waals surface area contributed by atoms with Gasteiger partial charge in [0.15, 0.2) is 5.78 Å². The van der Waals surface area contributed by atoms with Crippen LogP contribution in [0.25, 0.3) is 0 Å². The number of benzene rings is 1. The minimum atomic E-state index is -0.0786. The standard InChI is InChI=1S/C10H13NO/c1-7(11)9-5-3-4-6-10(9)8(2)12/h3-7H,11H2,1-2H3/t7-/m1/s1. The first-order valence-corrected chi connectivity index (χ1v) is 3.98. The van der Waals surface area contributed by atoms with Crippen molar-refractivity contribution in [3.63, 3.8) is 0 Å². The van der Waals surface area contributed by atoms with Gasteiger partial charge < -0.3 is 5.73 Å². The van der Waals surface area contributed by atoms with Gasteiger partial charge in [0.1, 0.15) is 0 Å². The van der Waals surface area contributed by atoms with E-state index in [9.17, 15) is 4.79 Å². The van der Waals surface area contributed by atoms with E-state index in [4.69, 9.17) is 5.73 Å². The van der Waals surface area contributed by atoms with E-state index < -0.39 is 0 Å². The molecule has 1 aromatic rings. The third-order valence-corrected chi connectivity index (χ3v) is 1.83. The summed E-state index contributed by atoms with van der Waals surface area (Å²) in [7, 11) is 0. The summed E-state index contributed by atoms with van der Waals surface area (Å²) < 4.78 is 0. The predicted molar refractivity (Wildman–Crippen MR) is 49.0 cm³/mol. The van der Waals surface area contributed by atoms with Crippen LogP contribution in [0.3, 0.4) is 0 Å². The number of carbonyl (C=O) groups excluding carboxylic acids is 1. The van der Waals surface area contributed by atoms with Gasteiger partial charge in [0.05, 0.1) is 0 Å². The number of hydrogen-bond donors (Lipinski definition) is 1. The molecule has 0 spiro atoms. The van der Waals surface area contributed by atoms with Gasteiger partial charge in [-0.15, -0.1) is 0 Å². The van der Waals surface area contributed by atoms with Gasteiger partial charge in [-0.3, -0.25) is 4.79 Å². The molecular weight excluding hydrogens is 150 g/mol. The average molecular weight is 163 g/mol. The number of Topliss-reactive ketones (excluding diaryl/α,β-unsaturated/α-hetero) is 1. The van der Waals surface area contributed by atoms with Crippen molar-refractivity contribution in [2.45, 2.75) is 19.9 Å². The van der Waals surface area contributed by atoms with E-state index in [-0.39, 0.29) is 11.8 Å². The van der Waals surface area contributed by atoms with Crippen LogP contribution in [-0.4, -0.2) is 5.78 Å². The lowest BCUT2D eigenvalue weighted by Gasteiger charge is -2.09. The van der Waals surface area contributed by atoms with Gasteiger partial charge in [-0.25, -0.2) is 0 Å². The Morgan fingerprint density at radius 3 is 2.42 bits per heavy atom. The molecule has 12 heavy (non-hydrogen) atoms. The van der Waals surface area contributed by atoms with Crippen molar-refractivity contribution in [2.75, 3.05) is 0 Å². The van der Waals surface area contributed by atoms with E-state index in [2.05, 4.69) is 0 Å². The zero-order valence-corrected chi connectivity index (χ0v) is 7.37. The molecular formula is C10H13NO. The zero-order chi connectivity index (χ0) is 9.14. The quantitative estimate of drug-likeness (QED) is 0.677. The van der Waals surface area contributed by atoms with E-state index in [1.165, 1.54) is 0 Å². The fourth-order valence-corrected chi connectivity index (χ4v) is 1.21. The molecule has 1 atom stereocenters. The molecule has 0 aliphatic carbocycles. The molecule has 2 heteroatoms. The van der Waals surface area contributed by atoms with E-state index in [1.807, 2.05) is 25.1 Å². The van der Waals surface area contributed by atoms with Crippen LogP contribution in [0.1, 0.15) is 35.8 Å². The smallest absolute Gasteiger partial charge is 0.160 e. The van der Waals surface area contributed by atoms with Crippen LogP contribution in [0, 0.1) is 0 Å². The molecule has 0 bridgehead atoms. The Morgan fingerprint density at radius 1 is 1.42 bits per heavy atom. The van der Waals surface area contributed by atoms with Crippen molar-refractivity contribution >= 4 is 5.78 Å². The number of carbonyl (C=O) groups is 1. The summed E-state index contributed by atoms with van der Waals surface area (Å²) in [5, 5.41) is 0. The van der Waals surface area contributed by atoms with Gasteiger partial charge in [-0.05, 0) is 19.4 Å². The van der Waals surface area contributed by atoms with Crippen LogP contribution in [0.15, 0.2) is 24.3 Å². The maximum atomic E-state index is 11.1. The minimum Gasteiger partial charge on any atom is -0.324 e. The van der Waals surface area contributed by atoms with E-state index in [0.29, 0.717) is 0 Å². The number of ketones is 1. The number of nitrogens with two attached hydrogens (primary N) is 1. The van der Waals surface area contributed by atoms with Crippen LogP contribution in [0.4, 0.5) is 0 Å². The van der Waals surface area contributed by atoms with E-state index in [0.717, 1.165) is 11.1 Å². The fraction of sp³-hybridized carbons (Fsp3) is 0.300. The molecule has 1 rings (SSSR count). The lowest BCUT2D eigenvalue weighted by atomic mass is 10.00. The van der Waals surface area contributed by atoms with E-state index >= 15 is 0 Å². The molecule has 0 saturated heterocycles. The van der Waals surface area contributed by atoms with Crippen molar-refractivity contribution in [1.29, 1.82) is 0 Å². The van der Waals surface area contributed by atoms with Crippen molar-refractivity contribution in [3.8, 4) is 0 Å². The molecule has 0 fully saturated rings. The minimum absolute atomic E-state index is 0.0721. The second-order valence-electron chi connectivity index (χ2n) is 2.93. The molecule has 0 heterocycles. The fourth-order valence-electron chi connectivity index (χ4n) is 1.21. The normalized spacial score (nSPS) is 12.6. The van der Waals surface area contributed by atoms with Crippen LogP contribution in [0.5, 0.6) is 0 Å². The Balaban J connectivity index is 3.17. The van der Waals surface area contributed by atoms with Gasteiger partial charge in [-0.1, -0.05) is 24.3 Å². The molecule has 0 radical (unpaired) electrons. The lowest BCUT2D eigenvalue weighted by molar-refractivity contribution is 0.101. The summed E-state index contributed by atoms with van der Waals surface area (Å²) in [5.74, 6) is 0.0721. The predicted octanol–water partition coefficient (Wildman–Crippen LogP) is 1.91. The summed E-state index contributed by atoms with van der Waals surface area (Å²) in [6.07, 6.45) is 0. The highest BCUT2D eigenvalue weighted by Gasteiger charge is 2.08. The highest BCUT2D eigenvalue weighted by atomic mass is 16.1. The molecule has 64 valence electrons. The third kappa shape index (κ3) is 1.71. The third-order valence-electron chi connectivity index (χ3n) is 1.83. The molecule has 0 aliphatic heterocycles. The molecule has 0 amide bonds. The number of hydrogen-bond acceptors (Lipinski definition) is 2. The highest BCUT2D eigenvalue weighted by molar-refractivity contribution is 5.95. The molecule has 2 nitrogen and oxygen atoms in total. The van der Waals surface area contributed by atoms with Crippen molar-refractivity contribution in [2.24, 2.45) is 5.73 Å². The van der Waals surface area contributed by atoms with Gasteiger partial charge in [0.2, 0.25) is 0 Å². The van der Waals surface area contributed by atoms with Crippen LogP contribution < -0.4 is 5.73 Å². The zero-order valence-electron chi connectivity index (χ0n) is 7.37. The SMILES string of the molecule is CC(=O)c1ccccc1[C@@H](C)N. The van der Waals surface area contributed by atoms with Crippen LogP contribution >= 0.6 is 0 Å². The first kappa shape index (κ1) is 8.94. The van der Waals surface area contributed by atoms with Gasteiger partial charge in [0.25, 0.3) is 0 Å². The van der Waals surface area contributed by atoms with Gasteiger partial charge in [-0.2, -0.15) is 0 Å². The Kier molecular flexibility index (Phi) is 2.61. The second kappa shape index (κ2) is 3.50. The lowest BCUT2D eigenvalue weighted by Crippen LogP contribution is -2.10. The first-order valence-electron chi connectivity index (χ1n) is 3.98. The molecule has 1 aromatic carbocycles. The Hall–Kier alpha value is -1.15. The van der Waals surface area contributed by atoms with Gasteiger partial charge in [0, 0.05) is 11.6 Å². The Morgan fingerprint density at radius 2 is 2.00 bits per heavy atom. The summed E-state index contributed by atoms with van der Waals surface area (Å²) in [6, 6.07) is 7.36. The highest BCUT2D eigenvalue weighted by Crippen LogP contribution is 2.15. The number of rotatable bonds is 2. The largest absolute Gasteiger partial charge is 0.324 e. The van der Waals surface area contributed by atoms with E-state index in [1.54, 1.807) is 13.0 Å². The first-order chi connectivity index (χ1) is 5.63. The summed E-state index contributed by atoms with van der Waals surface area (Å²) >= 11 is 0. The monoisotopic (exact) mass is 163 g/mol. The Labute approximate surface area is 72.4 Å². The molecule has 0 saturated carbocycles. The second-order valence-corrected chi connectivity index (χ2v) is 2.93. The topological polar surface area (TPSA) is 43.1 Å². The molecule has 0 unspecified atom stereocenters. The van der Waals surface area contributed by atoms with Crippen molar-refractivity contribution in [3.05, 3.63) is 35.4 Å². The average Bonchev–Trinajstić information content (AvgIpc) is 2.04. The summed E-state index contributed by atoms with van der Waals surface area (Å²) in [4.78, 5) is 11.1. The van der Waals surface area contributed by atoms with Crippen molar-refractivity contribution < 1.29 is 4.79 Å². The molecule has 0 aliphatic rings.